The van der Waals surface area contributed by atoms with Crippen LogP contribution in [0, 0.1) is 5.92 Å². The van der Waals surface area contributed by atoms with Crippen molar-refractivity contribution in [3.8, 4) is 5.75 Å². The smallest absolute Gasteiger partial charge is 0.251 e. The van der Waals surface area contributed by atoms with Crippen molar-refractivity contribution in [1.82, 2.24) is 5.32 Å². The number of methoxy groups -OCH3 is 1. The fourth-order valence-corrected chi connectivity index (χ4v) is 3.57. The molecule has 2 aliphatic rings. The van der Waals surface area contributed by atoms with Crippen LogP contribution >= 0.6 is 12.2 Å². The molecule has 1 saturated heterocycles. The highest BCUT2D eigenvalue weighted by Crippen LogP contribution is 2.24. The van der Waals surface area contributed by atoms with E-state index >= 15 is 0 Å². The quantitative estimate of drug-likeness (QED) is 0.459. The molecule has 1 aromatic carbocycles. The molecule has 1 aliphatic heterocycles. The number of anilines is 1. The molecule has 2 amide bonds. The van der Waals surface area contributed by atoms with Crippen molar-refractivity contribution in [3.05, 3.63) is 24.3 Å². The molecule has 4 N–H and O–H groups in total. The number of quaternary nitrogens is 1. The van der Waals surface area contributed by atoms with E-state index in [4.69, 9.17) is 17.0 Å². The van der Waals surface area contributed by atoms with Gasteiger partial charge >= 0.3 is 0 Å². The molecule has 138 valence electrons. The molecule has 1 aromatic rings. The van der Waals surface area contributed by atoms with Crippen LogP contribution in [0.4, 0.5) is 5.69 Å². The number of rotatable bonds is 4. The van der Waals surface area contributed by atoms with Gasteiger partial charge in [0.05, 0.1) is 12.8 Å². The molecule has 7 nitrogen and oxygen atoms in total. The highest BCUT2D eigenvalue weighted by Gasteiger charge is 2.38. The third kappa shape index (κ3) is 3.76. The summed E-state index contributed by atoms with van der Waals surface area (Å²) in [7, 11) is 1.57. The van der Waals surface area contributed by atoms with Gasteiger partial charge in [-0.3, -0.25) is 19.5 Å². The Kier molecular flexibility index (Phi) is 5.63. The van der Waals surface area contributed by atoms with E-state index in [1.54, 1.807) is 31.4 Å². The zero-order valence-electron chi connectivity index (χ0n) is 14.7. The van der Waals surface area contributed by atoms with E-state index in [0.29, 0.717) is 11.4 Å². The molecule has 26 heavy (non-hydrogen) atoms. The largest absolute Gasteiger partial charge is 0.497 e. The van der Waals surface area contributed by atoms with Gasteiger partial charge in [-0.25, -0.2) is 0 Å². The van der Waals surface area contributed by atoms with Crippen molar-refractivity contribution in [3.63, 3.8) is 0 Å². The summed E-state index contributed by atoms with van der Waals surface area (Å²) in [5.41, 5.74) is 4.71. The van der Waals surface area contributed by atoms with Crippen molar-refractivity contribution in [1.29, 1.82) is 0 Å². The SMILES string of the molecule is COc1ccc(N2C(=O)[C@H](C=N[C@@H]3CCCC[C@@H]3[NH3+])C(=O)NC2=S)cc1. The second-order valence-corrected chi connectivity index (χ2v) is 6.94. The molecule has 0 spiro atoms. The highest BCUT2D eigenvalue weighted by molar-refractivity contribution is 7.80. The maximum Gasteiger partial charge on any atom is 0.251 e. The second-order valence-electron chi connectivity index (χ2n) is 6.55. The minimum atomic E-state index is -0.988. The number of nitrogens with zero attached hydrogens (tertiary/aromatic N) is 2. The highest BCUT2D eigenvalue weighted by atomic mass is 32.1. The van der Waals surface area contributed by atoms with Gasteiger partial charge in [0.15, 0.2) is 11.0 Å². The van der Waals surface area contributed by atoms with Crippen LogP contribution in [0.15, 0.2) is 29.3 Å². The van der Waals surface area contributed by atoms with Crippen molar-refractivity contribution < 1.29 is 20.1 Å². The summed E-state index contributed by atoms with van der Waals surface area (Å²) < 4.78 is 5.13. The maximum atomic E-state index is 12.9. The minimum Gasteiger partial charge on any atom is -0.497 e. The molecular formula is C18H23N4O3S+. The second kappa shape index (κ2) is 7.92. The third-order valence-electron chi connectivity index (χ3n) is 4.83. The van der Waals surface area contributed by atoms with Crippen LogP contribution in [0.1, 0.15) is 25.7 Å². The molecule has 1 saturated carbocycles. The van der Waals surface area contributed by atoms with Gasteiger partial charge in [-0.1, -0.05) is 6.42 Å². The van der Waals surface area contributed by atoms with Gasteiger partial charge in [0.1, 0.15) is 17.8 Å². The lowest BCUT2D eigenvalue weighted by Crippen LogP contribution is -2.66. The number of amides is 2. The number of hydrogen-bond acceptors (Lipinski definition) is 5. The van der Waals surface area contributed by atoms with E-state index in [1.165, 1.54) is 11.1 Å². The zero-order chi connectivity index (χ0) is 18.7. The fourth-order valence-electron chi connectivity index (χ4n) is 3.28. The monoisotopic (exact) mass is 375 g/mol. The van der Waals surface area contributed by atoms with Crippen LogP contribution in [-0.2, 0) is 9.59 Å². The Morgan fingerprint density at radius 3 is 2.62 bits per heavy atom. The first-order valence-electron chi connectivity index (χ1n) is 8.70. The Labute approximate surface area is 157 Å². The van der Waals surface area contributed by atoms with Gasteiger partial charge < -0.3 is 15.8 Å². The van der Waals surface area contributed by atoms with Gasteiger partial charge in [-0.05, 0) is 49.3 Å². The molecule has 0 unspecified atom stereocenters. The molecule has 0 bridgehead atoms. The number of nitrogens with one attached hydrogen (secondary N) is 1. The third-order valence-corrected chi connectivity index (χ3v) is 5.11. The molecule has 0 radical (unpaired) electrons. The van der Waals surface area contributed by atoms with Gasteiger partial charge in [0.2, 0.25) is 5.91 Å². The van der Waals surface area contributed by atoms with Crippen LogP contribution < -0.4 is 20.7 Å². The van der Waals surface area contributed by atoms with Gasteiger partial charge in [0.25, 0.3) is 5.91 Å². The van der Waals surface area contributed by atoms with E-state index < -0.39 is 17.7 Å². The van der Waals surface area contributed by atoms with E-state index in [1.807, 2.05) is 0 Å². The van der Waals surface area contributed by atoms with E-state index in [-0.39, 0.29) is 17.2 Å². The van der Waals surface area contributed by atoms with Crippen molar-refractivity contribution >= 4 is 41.0 Å². The van der Waals surface area contributed by atoms with Crippen molar-refractivity contribution in [2.45, 2.75) is 37.8 Å². The average molecular weight is 375 g/mol. The average Bonchev–Trinajstić information content (AvgIpc) is 2.63. The maximum absolute atomic E-state index is 12.9. The van der Waals surface area contributed by atoms with Crippen LogP contribution in [0.5, 0.6) is 5.75 Å². The van der Waals surface area contributed by atoms with E-state index in [2.05, 4.69) is 16.0 Å². The van der Waals surface area contributed by atoms with E-state index in [9.17, 15) is 9.59 Å². The summed E-state index contributed by atoms with van der Waals surface area (Å²) in [6.45, 7) is 0. The van der Waals surface area contributed by atoms with Gasteiger partial charge in [-0.2, -0.15) is 0 Å². The normalized spacial score (nSPS) is 26.9. The van der Waals surface area contributed by atoms with Crippen LogP contribution in [-0.4, -0.2) is 42.3 Å². The molecule has 1 heterocycles. The summed E-state index contributed by atoms with van der Waals surface area (Å²) in [6, 6.07) is 7.21. The Hall–Kier alpha value is -2.32. The Balaban J connectivity index is 1.80. The van der Waals surface area contributed by atoms with Gasteiger partial charge in [0, 0.05) is 12.6 Å². The first-order valence-corrected chi connectivity index (χ1v) is 9.11. The molecule has 0 aromatic heterocycles. The molecule has 8 heteroatoms. The van der Waals surface area contributed by atoms with Gasteiger partial charge in [-0.15, -0.1) is 0 Å². The number of thiocarbonyl (C=S) groups is 1. The predicted octanol–water partition coefficient (Wildman–Crippen LogP) is 0.683. The first-order chi connectivity index (χ1) is 12.5. The number of carbonyl (C=O) groups excluding carboxylic acids is 2. The Morgan fingerprint density at radius 2 is 1.96 bits per heavy atom. The number of aliphatic imine (C=N–C) groups is 1. The Morgan fingerprint density at radius 1 is 1.27 bits per heavy atom. The molecule has 1 aliphatic carbocycles. The van der Waals surface area contributed by atoms with Crippen LogP contribution in [0.2, 0.25) is 0 Å². The minimum absolute atomic E-state index is 0.0627. The standard InChI is InChI=1S/C18H22N4O3S/c1-25-12-8-6-11(7-9-12)22-17(24)13(16(23)21-18(22)26)10-20-15-5-3-2-4-14(15)19/h6-10,13-15H,2-5,19H2,1H3,(H,21,23,26)/p+1/t13-,14+,15-/m1/s1. The molecule has 2 fully saturated rings. The predicted molar refractivity (Wildman–Crippen MR) is 102 cm³/mol. The molecule has 3 atom stereocenters. The number of ether oxygens (including phenoxy) is 1. The zero-order valence-corrected chi connectivity index (χ0v) is 15.5. The number of carbonyl (C=O) groups is 2. The lowest BCUT2D eigenvalue weighted by atomic mass is 9.91. The van der Waals surface area contributed by atoms with Crippen LogP contribution in [0.3, 0.4) is 0 Å². The summed E-state index contributed by atoms with van der Waals surface area (Å²) in [5, 5.41) is 2.67. The molecule has 3 rings (SSSR count). The first kappa shape index (κ1) is 18.5. The fraction of sp³-hybridized carbons (Fsp3) is 0.444. The topological polar surface area (TPSA) is 98.6 Å². The van der Waals surface area contributed by atoms with Crippen LogP contribution in [0.25, 0.3) is 0 Å². The van der Waals surface area contributed by atoms with E-state index in [0.717, 1.165) is 25.7 Å². The number of hydrogen-bond donors (Lipinski definition) is 2. The van der Waals surface area contributed by atoms with Crippen molar-refractivity contribution in [2.24, 2.45) is 10.9 Å². The lowest BCUT2D eigenvalue weighted by Gasteiger charge is -2.31. The summed E-state index contributed by atoms with van der Waals surface area (Å²) in [5.74, 6) is -1.16. The number of benzene rings is 1. The Bertz CT molecular complexity index is 734. The lowest BCUT2D eigenvalue weighted by molar-refractivity contribution is -0.428. The summed E-state index contributed by atoms with van der Waals surface area (Å²) in [4.78, 5) is 31.0. The molecular weight excluding hydrogens is 352 g/mol. The summed E-state index contributed by atoms with van der Waals surface area (Å²) >= 11 is 5.19. The van der Waals surface area contributed by atoms with Crippen molar-refractivity contribution in [2.75, 3.05) is 12.0 Å². The summed E-state index contributed by atoms with van der Waals surface area (Å²) in [6.07, 6.45) is 5.68.